The van der Waals surface area contributed by atoms with Crippen LogP contribution in [0.15, 0.2) is 0 Å². The maximum atomic E-state index is 12.6. The molecule has 1 saturated carbocycles. The minimum absolute atomic E-state index is 0.0268. The Hall–Kier alpha value is -1.40. The third kappa shape index (κ3) is 5.20. The summed E-state index contributed by atoms with van der Waals surface area (Å²) in [6.45, 7) is 6.05. The fourth-order valence-electron chi connectivity index (χ4n) is 6.17. The number of aliphatic carboxylic acids is 1. The molecule has 0 radical (unpaired) electrons. The molecule has 11 heteroatoms. The number of hydrogen-bond acceptors (Lipinski definition) is 9. The van der Waals surface area contributed by atoms with Gasteiger partial charge in [-0.15, -0.1) is 0 Å². The fourth-order valence-corrected chi connectivity index (χ4v) is 6.64. The Bertz CT molecular complexity index is 827. The van der Waals surface area contributed by atoms with Gasteiger partial charge < -0.3 is 24.6 Å². The average molecular weight is 516 g/mol. The van der Waals surface area contributed by atoms with Crippen molar-refractivity contribution in [1.29, 1.82) is 0 Å². The normalized spacial score (nSPS) is 40.8. The van der Waals surface area contributed by atoms with E-state index in [2.05, 4.69) is 12.2 Å². The van der Waals surface area contributed by atoms with E-state index in [0.717, 1.165) is 19.3 Å². The van der Waals surface area contributed by atoms with Gasteiger partial charge >= 0.3 is 11.9 Å². The molecule has 5 aliphatic rings. The van der Waals surface area contributed by atoms with Gasteiger partial charge in [0.15, 0.2) is 11.9 Å². The lowest BCUT2D eigenvalue weighted by molar-refractivity contribution is -0.576. The number of ether oxygens (including phenoxy) is 3. The molecule has 9 atom stereocenters. The molecule has 0 aromatic rings. The molecule has 4 heterocycles. The van der Waals surface area contributed by atoms with Gasteiger partial charge in [-0.25, -0.2) is 14.6 Å². The molecule has 2 bridgehead atoms. The first kappa shape index (κ1) is 26.7. The van der Waals surface area contributed by atoms with Gasteiger partial charge in [-0.3, -0.25) is 9.59 Å². The van der Waals surface area contributed by atoms with Crippen molar-refractivity contribution >= 4 is 29.6 Å². The van der Waals surface area contributed by atoms with Crippen molar-refractivity contribution in [3.63, 3.8) is 0 Å². The number of thioether (sulfide) groups is 1. The standard InChI is InChI=1S/C24H37NO9S/c1-13-5-6-16-14(2)21(31-22-24(16)15(13)9-11-23(3,32-22)33-34-24)30-19(27)8-7-18(26)25-17(20(28)29)10-12-35-4/h13-17,21-22H,5-12H2,1-4H3,(H,25,26)(H,28,29)/t13-,14-,15+,16+,17?,21-,22-,23+,24?/m1/s1. The molecule has 10 nitrogen and oxygen atoms in total. The molecule has 4 saturated heterocycles. The SMILES string of the molecule is CSCCC(NC(=O)CCC(=O)O[C@@H]1O[C@@H]2O[C@]3(C)CC[C@H]4[C@H](C)CC[C@@H]([C@H]1C)C24OO3)C(=O)O. The first-order valence-corrected chi connectivity index (χ1v) is 13.9. The van der Waals surface area contributed by atoms with E-state index >= 15 is 0 Å². The molecule has 1 aliphatic carbocycles. The van der Waals surface area contributed by atoms with E-state index in [1.165, 1.54) is 11.8 Å². The van der Waals surface area contributed by atoms with Gasteiger partial charge in [0.25, 0.3) is 0 Å². The Labute approximate surface area is 210 Å². The van der Waals surface area contributed by atoms with Crippen molar-refractivity contribution in [1.82, 2.24) is 5.32 Å². The Kier molecular flexibility index (Phi) is 8.02. The number of rotatable bonds is 9. The summed E-state index contributed by atoms with van der Waals surface area (Å²) in [6.07, 6.45) is 3.82. The lowest BCUT2D eigenvalue weighted by Crippen LogP contribution is -2.70. The second kappa shape index (κ2) is 10.5. The van der Waals surface area contributed by atoms with E-state index < -0.39 is 47.9 Å². The van der Waals surface area contributed by atoms with E-state index in [0.29, 0.717) is 24.5 Å². The molecule has 1 spiro atoms. The van der Waals surface area contributed by atoms with Crippen molar-refractivity contribution in [2.75, 3.05) is 12.0 Å². The monoisotopic (exact) mass is 515 g/mol. The van der Waals surface area contributed by atoms with Crippen molar-refractivity contribution in [2.45, 2.75) is 95.7 Å². The predicted molar refractivity (Wildman–Crippen MR) is 125 cm³/mol. The van der Waals surface area contributed by atoms with Gasteiger partial charge in [0, 0.05) is 24.7 Å². The van der Waals surface area contributed by atoms with Crippen LogP contribution >= 0.6 is 11.8 Å². The number of esters is 1. The molecule has 198 valence electrons. The second-order valence-corrected chi connectivity index (χ2v) is 11.5. The van der Waals surface area contributed by atoms with Crippen LogP contribution in [0, 0.1) is 23.7 Å². The van der Waals surface area contributed by atoms with E-state index in [-0.39, 0.29) is 30.6 Å². The van der Waals surface area contributed by atoms with Crippen molar-refractivity contribution in [3.05, 3.63) is 0 Å². The van der Waals surface area contributed by atoms with Crippen LogP contribution in [0.2, 0.25) is 0 Å². The minimum Gasteiger partial charge on any atom is -0.480 e. The summed E-state index contributed by atoms with van der Waals surface area (Å²) >= 11 is 1.50. The summed E-state index contributed by atoms with van der Waals surface area (Å²) in [7, 11) is 0. The Balaban J connectivity index is 1.37. The molecule has 0 aromatic carbocycles. The summed E-state index contributed by atoms with van der Waals surface area (Å²) in [5, 5.41) is 11.8. The molecule has 2 unspecified atom stereocenters. The lowest BCUT2D eigenvalue weighted by Gasteiger charge is -2.59. The molecular weight excluding hydrogens is 478 g/mol. The predicted octanol–water partition coefficient (Wildman–Crippen LogP) is 2.84. The summed E-state index contributed by atoms with van der Waals surface area (Å²) in [5.74, 6) is -1.96. The Morgan fingerprint density at radius 3 is 2.63 bits per heavy atom. The highest BCUT2D eigenvalue weighted by Gasteiger charge is 2.69. The zero-order valence-corrected chi connectivity index (χ0v) is 21.6. The topological polar surface area (TPSA) is 130 Å². The highest BCUT2D eigenvalue weighted by molar-refractivity contribution is 7.98. The third-order valence-corrected chi connectivity index (χ3v) is 8.79. The zero-order chi connectivity index (χ0) is 25.4. The molecule has 1 amide bonds. The first-order chi connectivity index (χ1) is 16.6. The highest BCUT2D eigenvalue weighted by atomic mass is 32.2. The van der Waals surface area contributed by atoms with Crippen LogP contribution in [0.1, 0.15) is 65.7 Å². The molecule has 5 fully saturated rings. The summed E-state index contributed by atoms with van der Waals surface area (Å²) in [6, 6.07) is -0.975. The number of carbonyl (C=O) groups is 3. The van der Waals surface area contributed by atoms with Crippen LogP contribution in [0.3, 0.4) is 0 Å². The molecular formula is C24H37NO9S. The van der Waals surface area contributed by atoms with Gasteiger partial charge in [-0.2, -0.15) is 11.8 Å². The van der Waals surface area contributed by atoms with Crippen LogP contribution in [0.4, 0.5) is 0 Å². The number of carbonyl (C=O) groups excluding carboxylic acids is 2. The summed E-state index contributed by atoms with van der Waals surface area (Å²) in [4.78, 5) is 48.1. The zero-order valence-electron chi connectivity index (χ0n) is 20.8. The second-order valence-electron chi connectivity index (χ2n) is 10.5. The number of fused-ring (bicyclic) bond motifs is 2. The Morgan fingerprint density at radius 1 is 1.14 bits per heavy atom. The lowest BCUT2D eigenvalue weighted by atomic mass is 9.58. The number of carboxylic acids is 1. The van der Waals surface area contributed by atoms with Crippen LogP contribution in [-0.4, -0.2) is 65.0 Å². The van der Waals surface area contributed by atoms with Crippen LogP contribution in [0.5, 0.6) is 0 Å². The van der Waals surface area contributed by atoms with Crippen LogP contribution in [-0.2, 0) is 38.4 Å². The van der Waals surface area contributed by atoms with Crippen molar-refractivity contribution < 1.29 is 43.5 Å². The number of amides is 1. The van der Waals surface area contributed by atoms with Crippen LogP contribution < -0.4 is 5.32 Å². The highest BCUT2D eigenvalue weighted by Crippen LogP contribution is 2.60. The fraction of sp³-hybridized carbons (Fsp3) is 0.875. The van der Waals surface area contributed by atoms with E-state index in [4.69, 9.17) is 24.0 Å². The van der Waals surface area contributed by atoms with Crippen molar-refractivity contribution in [2.24, 2.45) is 23.7 Å². The number of hydrogen-bond donors (Lipinski definition) is 2. The molecule has 5 rings (SSSR count). The average Bonchev–Trinajstić information content (AvgIpc) is 3.04. The quantitative estimate of drug-likeness (QED) is 0.349. The van der Waals surface area contributed by atoms with Gasteiger partial charge in [0.05, 0.1) is 6.42 Å². The number of carboxylic acid groups (broad SMARTS) is 1. The van der Waals surface area contributed by atoms with Crippen LogP contribution in [0.25, 0.3) is 0 Å². The first-order valence-electron chi connectivity index (χ1n) is 12.5. The summed E-state index contributed by atoms with van der Waals surface area (Å²) < 4.78 is 18.2. The van der Waals surface area contributed by atoms with Gasteiger partial charge in [-0.05, 0) is 56.5 Å². The molecule has 35 heavy (non-hydrogen) atoms. The van der Waals surface area contributed by atoms with Gasteiger partial charge in [0.2, 0.25) is 18.0 Å². The third-order valence-electron chi connectivity index (χ3n) is 8.14. The maximum absolute atomic E-state index is 12.6. The van der Waals surface area contributed by atoms with Gasteiger partial charge in [0.1, 0.15) is 6.04 Å². The summed E-state index contributed by atoms with van der Waals surface area (Å²) in [5.41, 5.74) is -0.738. The van der Waals surface area contributed by atoms with Crippen molar-refractivity contribution in [3.8, 4) is 0 Å². The smallest absolute Gasteiger partial charge is 0.326 e. The van der Waals surface area contributed by atoms with E-state index in [1.807, 2.05) is 20.1 Å². The maximum Gasteiger partial charge on any atom is 0.326 e. The minimum atomic E-state index is -1.09. The largest absolute Gasteiger partial charge is 0.480 e. The molecule has 4 aliphatic heterocycles. The van der Waals surface area contributed by atoms with E-state index in [9.17, 15) is 19.5 Å². The molecule has 2 N–H and O–H groups in total. The molecule has 0 aromatic heterocycles. The van der Waals surface area contributed by atoms with E-state index in [1.54, 1.807) is 0 Å². The van der Waals surface area contributed by atoms with Gasteiger partial charge in [-0.1, -0.05) is 13.8 Å². The number of nitrogens with one attached hydrogen (secondary N) is 1. The Morgan fingerprint density at radius 2 is 1.91 bits per heavy atom.